The van der Waals surface area contributed by atoms with Crippen LogP contribution in [0, 0.1) is 0 Å². The van der Waals surface area contributed by atoms with E-state index in [0.29, 0.717) is 30.1 Å². The molecule has 0 N–H and O–H groups in total. The zero-order valence-electron chi connectivity index (χ0n) is 15.5. The van der Waals surface area contributed by atoms with E-state index >= 15 is 0 Å². The summed E-state index contributed by atoms with van der Waals surface area (Å²) < 4.78 is 19.0. The van der Waals surface area contributed by atoms with Crippen molar-refractivity contribution < 1.29 is 14.2 Å². The van der Waals surface area contributed by atoms with Gasteiger partial charge in [0.05, 0.1) is 6.61 Å². The second-order valence-corrected chi connectivity index (χ2v) is 7.39. The maximum absolute atomic E-state index is 12.5. The molecule has 2 heterocycles. The third-order valence-corrected chi connectivity index (χ3v) is 5.41. The maximum Gasteiger partial charge on any atom is 0.258 e. The molecule has 27 heavy (non-hydrogen) atoms. The highest BCUT2D eigenvalue weighted by Crippen LogP contribution is 2.45. The van der Waals surface area contributed by atoms with Gasteiger partial charge >= 0.3 is 0 Å². The Morgan fingerprint density at radius 3 is 2.74 bits per heavy atom. The highest BCUT2D eigenvalue weighted by molar-refractivity contribution is 7.98. The van der Waals surface area contributed by atoms with E-state index in [-0.39, 0.29) is 11.7 Å². The van der Waals surface area contributed by atoms with Crippen molar-refractivity contribution in [2.45, 2.75) is 11.0 Å². The normalized spacial score (nSPS) is 15.9. The van der Waals surface area contributed by atoms with E-state index < -0.39 is 0 Å². The van der Waals surface area contributed by atoms with Crippen molar-refractivity contribution in [1.29, 1.82) is 0 Å². The van der Waals surface area contributed by atoms with Gasteiger partial charge in [-0.3, -0.25) is 4.79 Å². The summed E-state index contributed by atoms with van der Waals surface area (Å²) >= 11 is 1.64. The maximum atomic E-state index is 12.5. The summed E-state index contributed by atoms with van der Waals surface area (Å²) in [6.07, 6.45) is 3.76. The molecule has 0 fully saturated rings. The first-order valence-corrected chi connectivity index (χ1v) is 9.94. The summed E-state index contributed by atoms with van der Waals surface area (Å²) in [6.45, 7) is 0.900. The molecule has 0 spiro atoms. The predicted molar refractivity (Wildman–Crippen MR) is 108 cm³/mol. The van der Waals surface area contributed by atoms with Gasteiger partial charge in [-0.1, -0.05) is 18.2 Å². The van der Waals surface area contributed by atoms with Gasteiger partial charge in [-0.2, -0.15) is 0 Å². The Kier molecular flexibility index (Phi) is 4.85. The molecule has 5 nitrogen and oxygen atoms in total. The lowest BCUT2D eigenvalue weighted by molar-refractivity contribution is 0.0273. The molecule has 140 valence electrons. The second-order valence-electron chi connectivity index (χ2n) is 6.51. The molecule has 4 rings (SSSR count). The van der Waals surface area contributed by atoms with E-state index in [1.54, 1.807) is 30.5 Å². The average molecular weight is 383 g/mol. The molecule has 2 aromatic carbocycles. The second kappa shape index (κ2) is 7.29. The molecule has 1 aliphatic heterocycles. The van der Waals surface area contributed by atoms with Crippen LogP contribution in [0.4, 0.5) is 0 Å². The fourth-order valence-corrected chi connectivity index (χ4v) is 3.88. The van der Waals surface area contributed by atoms with Gasteiger partial charge in [0.2, 0.25) is 0 Å². The smallest absolute Gasteiger partial charge is 0.258 e. The number of aryl methyl sites for hydroxylation is 1. The zero-order valence-corrected chi connectivity index (χ0v) is 16.3. The lowest BCUT2D eigenvalue weighted by Crippen LogP contribution is -2.33. The van der Waals surface area contributed by atoms with Crippen LogP contribution in [0.25, 0.3) is 21.9 Å². The minimum Gasteiger partial charge on any atom is -0.485 e. The van der Waals surface area contributed by atoms with Crippen LogP contribution in [0.5, 0.6) is 11.5 Å². The number of benzene rings is 2. The van der Waals surface area contributed by atoms with Crippen LogP contribution in [0.3, 0.4) is 0 Å². The Hall–Kier alpha value is -2.44. The van der Waals surface area contributed by atoms with Crippen LogP contribution in [0.1, 0.15) is 0 Å². The molecular formula is C21H21NO4S. The Morgan fingerprint density at radius 1 is 1.22 bits per heavy atom. The molecule has 1 atom stereocenters. The number of nitrogens with zero attached hydrogens (tertiary/aromatic N) is 1. The van der Waals surface area contributed by atoms with Gasteiger partial charge in [0, 0.05) is 41.8 Å². The summed E-state index contributed by atoms with van der Waals surface area (Å²) in [5.74, 6) is 1.42. The van der Waals surface area contributed by atoms with Crippen molar-refractivity contribution in [3.63, 3.8) is 0 Å². The van der Waals surface area contributed by atoms with E-state index in [9.17, 15) is 4.79 Å². The minimum absolute atomic E-state index is 0.0124. The van der Waals surface area contributed by atoms with Crippen molar-refractivity contribution in [3.8, 4) is 22.6 Å². The van der Waals surface area contributed by atoms with Crippen LogP contribution in [0.2, 0.25) is 0 Å². The fraction of sp³-hybridized carbons (Fsp3) is 0.286. The number of methoxy groups -OCH3 is 1. The first-order chi connectivity index (χ1) is 13.1. The molecule has 0 saturated carbocycles. The molecule has 0 bridgehead atoms. The topological polar surface area (TPSA) is 49.7 Å². The van der Waals surface area contributed by atoms with E-state index in [1.807, 2.05) is 42.8 Å². The monoisotopic (exact) mass is 383 g/mol. The highest BCUT2D eigenvalue weighted by atomic mass is 32.2. The molecule has 0 saturated heterocycles. The van der Waals surface area contributed by atoms with Gasteiger partial charge in [0.25, 0.3) is 5.56 Å². The highest BCUT2D eigenvalue weighted by Gasteiger charge is 2.26. The first-order valence-electron chi connectivity index (χ1n) is 8.71. The van der Waals surface area contributed by atoms with Crippen molar-refractivity contribution in [3.05, 3.63) is 52.9 Å². The van der Waals surface area contributed by atoms with E-state index in [1.165, 1.54) is 0 Å². The molecule has 3 aromatic rings. The summed E-state index contributed by atoms with van der Waals surface area (Å²) in [5.41, 5.74) is 1.87. The number of fused-ring (bicyclic) bond motifs is 2. The Labute approximate surface area is 161 Å². The number of ether oxygens (including phenoxy) is 3. The van der Waals surface area contributed by atoms with Crippen LogP contribution in [-0.2, 0) is 11.8 Å². The van der Waals surface area contributed by atoms with Gasteiger partial charge in [0.1, 0.15) is 6.61 Å². The summed E-state index contributed by atoms with van der Waals surface area (Å²) in [5, 5.41) is 1.60. The van der Waals surface area contributed by atoms with Crippen LogP contribution < -0.4 is 15.0 Å². The number of hydrogen-bond acceptors (Lipinski definition) is 5. The third-order valence-electron chi connectivity index (χ3n) is 4.70. The SMILES string of the molecule is COCC1COc2c(cc(SC)cc2-c2cn(C)c(=O)c3ccccc23)O1. The number of pyridine rings is 1. The van der Waals surface area contributed by atoms with E-state index in [4.69, 9.17) is 14.2 Å². The Balaban J connectivity index is 1.96. The molecular weight excluding hydrogens is 362 g/mol. The minimum atomic E-state index is -0.135. The van der Waals surface area contributed by atoms with Gasteiger partial charge in [-0.15, -0.1) is 11.8 Å². The van der Waals surface area contributed by atoms with E-state index in [0.717, 1.165) is 21.4 Å². The average Bonchev–Trinajstić information content (AvgIpc) is 2.70. The van der Waals surface area contributed by atoms with Crippen LogP contribution in [0.15, 0.2) is 52.3 Å². The molecule has 6 heteroatoms. The van der Waals surface area contributed by atoms with Gasteiger partial charge in [0.15, 0.2) is 17.6 Å². The quantitative estimate of drug-likeness (QED) is 0.643. The van der Waals surface area contributed by atoms with Crippen molar-refractivity contribution in [2.75, 3.05) is 26.6 Å². The number of rotatable bonds is 4. The fourth-order valence-electron chi connectivity index (χ4n) is 3.42. The lowest BCUT2D eigenvalue weighted by atomic mass is 9.99. The Bertz CT molecular complexity index is 1060. The van der Waals surface area contributed by atoms with Crippen LogP contribution >= 0.6 is 11.8 Å². The van der Waals surface area contributed by atoms with Gasteiger partial charge < -0.3 is 18.8 Å². The van der Waals surface area contributed by atoms with Crippen LogP contribution in [-0.4, -0.2) is 37.3 Å². The largest absolute Gasteiger partial charge is 0.485 e. The molecule has 1 unspecified atom stereocenters. The predicted octanol–water partition coefficient (Wildman–Crippen LogP) is 3.71. The third kappa shape index (κ3) is 3.19. The van der Waals surface area contributed by atoms with E-state index in [2.05, 4.69) is 6.07 Å². The van der Waals surface area contributed by atoms with Crippen molar-refractivity contribution in [1.82, 2.24) is 4.57 Å². The molecule has 0 amide bonds. The molecule has 0 aliphatic carbocycles. The van der Waals surface area contributed by atoms with Crippen molar-refractivity contribution >= 4 is 22.5 Å². The van der Waals surface area contributed by atoms with Crippen molar-refractivity contribution in [2.24, 2.45) is 7.05 Å². The molecule has 1 aliphatic rings. The summed E-state index contributed by atoms with van der Waals surface area (Å²) in [4.78, 5) is 13.6. The number of thioether (sulfide) groups is 1. The Morgan fingerprint density at radius 2 is 2.00 bits per heavy atom. The molecule has 1 aromatic heterocycles. The number of aromatic nitrogens is 1. The summed E-state index contributed by atoms with van der Waals surface area (Å²) in [6, 6.07) is 11.8. The standard InChI is InChI=1S/C21H21NO4S/c1-22-10-18(15-6-4-5-7-16(15)21(22)23)17-8-14(27-3)9-19-20(17)25-12-13(26-19)11-24-2/h4-10,13H,11-12H2,1-3H3. The van der Waals surface area contributed by atoms with Gasteiger partial charge in [-0.25, -0.2) is 0 Å². The number of hydrogen-bond donors (Lipinski definition) is 0. The molecule has 0 radical (unpaired) electrons. The zero-order chi connectivity index (χ0) is 19.0. The summed E-state index contributed by atoms with van der Waals surface area (Å²) in [7, 11) is 3.42. The van der Waals surface area contributed by atoms with Gasteiger partial charge in [-0.05, 0) is 29.8 Å². The first kappa shape index (κ1) is 17.9. The lowest BCUT2D eigenvalue weighted by Gasteiger charge is -2.28.